The number of nitrogens with zero attached hydrogens (tertiary/aromatic N) is 4. The fraction of sp³-hybridized carbons (Fsp3) is 0.412. The van der Waals surface area contributed by atoms with Crippen molar-refractivity contribution in [1.82, 2.24) is 18.9 Å². The van der Waals surface area contributed by atoms with E-state index in [4.69, 9.17) is 28.4 Å². The minimum absolute atomic E-state index is 0.329. The zero-order chi connectivity index (χ0) is 34.8. The van der Waals surface area contributed by atoms with Gasteiger partial charge in [-0.15, -0.1) is 0 Å². The molecule has 48 heavy (non-hydrogen) atoms. The van der Waals surface area contributed by atoms with Gasteiger partial charge >= 0.3 is 24.1 Å². The van der Waals surface area contributed by atoms with E-state index in [1.165, 1.54) is 9.13 Å². The maximum absolute atomic E-state index is 12.8. The lowest BCUT2D eigenvalue weighted by Crippen LogP contribution is -2.19. The highest BCUT2D eigenvalue weighted by Crippen LogP contribution is 2.28. The number of carbonyl (C=O) groups is 4. The summed E-state index contributed by atoms with van der Waals surface area (Å²) in [5.74, 6) is -0.230. The molecule has 0 unspecified atom stereocenters. The minimum atomic E-state index is -0.773. The van der Waals surface area contributed by atoms with Crippen LogP contribution in [-0.2, 0) is 41.4 Å². The number of fused-ring (bicyclic) bond motifs is 2. The van der Waals surface area contributed by atoms with Crippen molar-refractivity contribution in [3.05, 3.63) is 59.9 Å². The number of carbonyl (C=O) groups excluding carboxylic acids is 4. The van der Waals surface area contributed by atoms with Crippen LogP contribution in [0, 0.1) is 0 Å². The van der Waals surface area contributed by atoms with Gasteiger partial charge in [0.25, 0.3) is 0 Å². The van der Waals surface area contributed by atoms with Crippen LogP contribution in [0.3, 0.4) is 0 Å². The molecule has 14 heteroatoms. The van der Waals surface area contributed by atoms with E-state index in [9.17, 15) is 19.2 Å². The Hall–Kier alpha value is -5.08. The Labute approximate surface area is 278 Å². The number of aromatic nitrogens is 2. The number of ether oxygens (including phenoxy) is 6. The third-order valence-corrected chi connectivity index (χ3v) is 7.58. The van der Waals surface area contributed by atoms with Crippen LogP contribution in [0.15, 0.2) is 48.8 Å². The van der Waals surface area contributed by atoms with E-state index >= 15 is 0 Å². The summed E-state index contributed by atoms with van der Waals surface area (Å²) >= 11 is 0. The van der Waals surface area contributed by atoms with Gasteiger partial charge < -0.3 is 38.2 Å². The van der Waals surface area contributed by atoms with Crippen molar-refractivity contribution in [2.75, 3.05) is 69.1 Å². The highest BCUT2D eigenvalue weighted by Gasteiger charge is 2.19. The zero-order valence-electron chi connectivity index (χ0n) is 28.1. The number of hydrogen-bond acceptors (Lipinski definition) is 12. The average Bonchev–Trinajstić information content (AvgIpc) is 3.62. The smallest absolute Gasteiger partial charge is 0.421 e. The van der Waals surface area contributed by atoms with Gasteiger partial charge in [0.05, 0.1) is 38.1 Å². The van der Waals surface area contributed by atoms with Crippen LogP contribution >= 0.6 is 0 Å². The van der Waals surface area contributed by atoms with Crippen LogP contribution in [0.4, 0.5) is 9.59 Å². The lowest BCUT2D eigenvalue weighted by Gasteiger charge is -2.09. The highest BCUT2D eigenvalue weighted by molar-refractivity contribution is 5.94. The van der Waals surface area contributed by atoms with Crippen molar-refractivity contribution in [2.45, 2.75) is 25.7 Å². The molecule has 0 N–H and O–H groups in total. The molecular formula is C34H42N4O10. The molecule has 258 valence electrons. The topological polar surface area (TPSA) is 140 Å². The molecule has 4 aromatic rings. The van der Waals surface area contributed by atoms with Gasteiger partial charge in [0, 0.05) is 36.3 Å². The first kappa shape index (κ1) is 35.8. The Bertz CT molecular complexity index is 1630. The first-order valence-electron chi connectivity index (χ1n) is 15.3. The maximum Gasteiger partial charge on any atom is 0.421 e. The summed E-state index contributed by atoms with van der Waals surface area (Å²) in [5, 5.41) is 1.70. The summed E-state index contributed by atoms with van der Waals surface area (Å²) in [6.07, 6.45) is 2.66. The third kappa shape index (κ3) is 9.26. The van der Waals surface area contributed by atoms with Crippen LogP contribution in [0.25, 0.3) is 21.8 Å². The van der Waals surface area contributed by atoms with E-state index in [2.05, 4.69) is 0 Å². The molecule has 0 bridgehead atoms. The predicted molar refractivity (Wildman–Crippen MR) is 176 cm³/mol. The quantitative estimate of drug-likeness (QED) is 0.132. The number of rotatable bonds is 15. The van der Waals surface area contributed by atoms with Gasteiger partial charge in [0.15, 0.2) is 0 Å². The molecule has 4 rings (SSSR count). The molecule has 0 atom stereocenters. The fourth-order valence-electron chi connectivity index (χ4n) is 4.98. The molecule has 0 aliphatic rings. The summed E-state index contributed by atoms with van der Waals surface area (Å²) in [6, 6.07) is 10.7. The monoisotopic (exact) mass is 666 g/mol. The number of likely N-dealkylation sites (N-methyl/N-ethyl adjacent to an activating group) is 2. The molecule has 0 amide bonds. The third-order valence-electron chi connectivity index (χ3n) is 7.58. The van der Waals surface area contributed by atoms with Crippen LogP contribution < -0.4 is 9.47 Å². The molecule has 0 saturated heterocycles. The van der Waals surface area contributed by atoms with Gasteiger partial charge in [-0.05, 0) is 88.6 Å². The number of esters is 2. The average molecular weight is 667 g/mol. The predicted octanol–water partition coefficient (Wildman–Crippen LogP) is 4.27. The van der Waals surface area contributed by atoms with Crippen molar-refractivity contribution in [3.8, 4) is 11.5 Å². The lowest BCUT2D eigenvalue weighted by atomic mass is 10.1. The van der Waals surface area contributed by atoms with E-state index in [1.807, 2.05) is 50.1 Å². The van der Waals surface area contributed by atoms with Crippen molar-refractivity contribution < 1.29 is 47.6 Å². The molecule has 14 nitrogen and oxygen atoms in total. The number of methoxy groups -OCH3 is 2. The van der Waals surface area contributed by atoms with Crippen LogP contribution in [0.2, 0.25) is 0 Å². The van der Waals surface area contributed by atoms with Gasteiger partial charge in [0.2, 0.25) is 13.6 Å². The molecule has 0 spiro atoms. The minimum Gasteiger partial charge on any atom is -0.497 e. The van der Waals surface area contributed by atoms with E-state index in [0.717, 1.165) is 35.0 Å². The van der Waals surface area contributed by atoms with Crippen LogP contribution in [0.1, 0.15) is 24.0 Å². The van der Waals surface area contributed by atoms with Gasteiger partial charge in [-0.1, -0.05) is 0 Å². The molecule has 0 radical (unpaired) electrons. The second-order valence-electron chi connectivity index (χ2n) is 11.5. The van der Waals surface area contributed by atoms with Crippen molar-refractivity contribution in [3.63, 3.8) is 0 Å². The molecule has 0 fully saturated rings. The zero-order valence-corrected chi connectivity index (χ0v) is 28.1. The molecule has 2 heterocycles. The molecular weight excluding hydrogens is 624 g/mol. The van der Waals surface area contributed by atoms with Crippen molar-refractivity contribution >= 4 is 45.9 Å². The first-order valence-corrected chi connectivity index (χ1v) is 15.3. The summed E-state index contributed by atoms with van der Waals surface area (Å²) in [4.78, 5) is 54.1. The van der Waals surface area contributed by atoms with Gasteiger partial charge in [-0.3, -0.25) is 18.7 Å². The first-order chi connectivity index (χ1) is 23.0. The van der Waals surface area contributed by atoms with Gasteiger partial charge in [0.1, 0.15) is 11.5 Å². The van der Waals surface area contributed by atoms with Crippen molar-refractivity contribution in [1.29, 1.82) is 0 Å². The normalized spacial score (nSPS) is 11.2. The number of benzene rings is 2. The Morgan fingerprint density at radius 3 is 1.35 bits per heavy atom. The summed E-state index contributed by atoms with van der Waals surface area (Å²) in [6.45, 7) is 0.263. The highest BCUT2D eigenvalue weighted by atomic mass is 16.7. The maximum atomic E-state index is 12.8. The Kier molecular flexibility index (Phi) is 12.4. The van der Waals surface area contributed by atoms with E-state index in [1.54, 1.807) is 50.9 Å². The summed E-state index contributed by atoms with van der Waals surface area (Å²) in [7, 11) is 11.0. The molecule has 0 aliphatic carbocycles. The molecule has 0 aliphatic heterocycles. The van der Waals surface area contributed by atoms with Crippen LogP contribution in [0.5, 0.6) is 11.5 Å². The Balaban J connectivity index is 1.22. The van der Waals surface area contributed by atoms with E-state index in [0.29, 0.717) is 35.4 Å². The second kappa shape index (κ2) is 16.7. The Morgan fingerprint density at radius 2 is 1.00 bits per heavy atom. The fourth-order valence-corrected chi connectivity index (χ4v) is 4.98. The summed E-state index contributed by atoms with van der Waals surface area (Å²) in [5.41, 5.74) is 3.12. The van der Waals surface area contributed by atoms with Crippen molar-refractivity contribution in [2.24, 2.45) is 0 Å². The molecule has 2 aromatic heterocycles. The van der Waals surface area contributed by atoms with E-state index in [-0.39, 0.29) is 12.8 Å². The summed E-state index contributed by atoms with van der Waals surface area (Å²) < 4.78 is 33.7. The van der Waals surface area contributed by atoms with Gasteiger partial charge in [-0.25, -0.2) is 9.59 Å². The molecule has 0 saturated carbocycles. The largest absolute Gasteiger partial charge is 0.497 e. The SMILES string of the molecule is COc1ccc2c(c1)c(CCN(C)C)cn2C(=O)OCOC(=O)CCC(=O)OCOC(=O)n1cc(CCN(C)C)c2cc(OC)ccc21. The van der Waals surface area contributed by atoms with Gasteiger partial charge in [-0.2, -0.15) is 0 Å². The lowest BCUT2D eigenvalue weighted by molar-refractivity contribution is -0.158. The standard InChI is InChI=1S/C34H42N4O10/c1-35(2)15-13-23-19-37(29-9-7-25(43-5)17-27(23)29)33(41)47-21-45-31(39)11-12-32(40)46-22-48-34(42)38-20-24(14-16-36(3)4)28-18-26(44-6)8-10-30(28)38/h7-10,17-20H,11-16,21-22H2,1-6H3. The second-order valence-corrected chi connectivity index (χ2v) is 11.5. The molecule has 2 aromatic carbocycles. The number of hydrogen-bond donors (Lipinski definition) is 0. The van der Waals surface area contributed by atoms with Crippen LogP contribution in [-0.4, -0.2) is 112 Å². The Morgan fingerprint density at radius 1 is 0.604 bits per heavy atom. The van der Waals surface area contributed by atoms with E-state index < -0.39 is 37.7 Å².